The van der Waals surface area contributed by atoms with Crippen molar-refractivity contribution in [1.29, 1.82) is 0 Å². The van der Waals surface area contributed by atoms with Crippen LogP contribution in [0.15, 0.2) is 18.2 Å². The van der Waals surface area contributed by atoms with Crippen LogP contribution in [-0.2, 0) is 0 Å². The molecule has 0 atom stereocenters. The van der Waals surface area contributed by atoms with Gasteiger partial charge in [-0.3, -0.25) is 4.79 Å². The second kappa shape index (κ2) is 7.60. The van der Waals surface area contributed by atoms with E-state index in [4.69, 9.17) is 11.6 Å². The molecule has 1 saturated heterocycles. The van der Waals surface area contributed by atoms with Crippen molar-refractivity contribution >= 4 is 17.5 Å². The minimum absolute atomic E-state index is 0.00970. The molecule has 1 aliphatic rings. The van der Waals surface area contributed by atoms with Gasteiger partial charge in [-0.2, -0.15) is 0 Å². The number of benzene rings is 1. The Hall–Kier alpha value is -1.13. The summed E-state index contributed by atoms with van der Waals surface area (Å²) in [5.74, 6) is -0.938. The summed E-state index contributed by atoms with van der Waals surface area (Å²) in [5.41, 5.74) is 0.00970. The van der Waals surface area contributed by atoms with Gasteiger partial charge in [-0.05, 0) is 57.1 Å². The van der Waals surface area contributed by atoms with Gasteiger partial charge in [0.2, 0.25) is 0 Å². The first kappa shape index (κ1) is 15.3. The van der Waals surface area contributed by atoms with E-state index in [0.29, 0.717) is 11.6 Å². The second-order valence-corrected chi connectivity index (χ2v) is 5.57. The SMILES string of the molecule is O=C(NCCCN1CCCCC1)c1cc(Cl)ccc1F. The van der Waals surface area contributed by atoms with Crippen molar-refractivity contribution in [3.8, 4) is 0 Å². The zero-order valence-electron chi connectivity index (χ0n) is 11.5. The maximum Gasteiger partial charge on any atom is 0.254 e. The molecule has 0 bridgehead atoms. The molecule has 110 valence electrons. The minimum Gasteiger partial charge on any atom is -0.352 e. The second-order valence-electron chi connectivity index (χ2n) is 5.14. The van der Waals surface area contributed by atoms with Gasteiger partial charge in [0.05, 0.1) is 5.56 Å². The maximum absolute atomic E-state index is 13.5. The van der Waals surface area contributed by atoms with Gasteiger partial charge in [-0.25, -0.2) is 4.39 Å². The Morgan fingerprint density at radius 1 is 1.30 bits per heavy atom. The molecule has 0 aromatic heterocycles. The third-order valence-electron chi connectivity index (χ3n) is 3.56. The molecule has 0 saturated carbocycles. The van der Waals surface area contributed by atoms with Crippen LogP contribution in [0.1, 0.15) is 36.0 Å². The van der Waals surface area contributed by atoms with E-state index in [9.17, 15) is 9.18 Å². The van der Waals surface area contributed by atoms with Crippen molar-refractivity contribution in [2.75, 3.05) is 26.2 Å². The topological polar surface area (TPSA) is 32.3 Å². The number of carbonyl (C=O) groups excluding carboxylic acids is 1. The first-order valence-electron chi connectivity index (χ1n) is 7.12. The van der Waals surface area contributed by atoms with Crippen LogP contribution >= 0.6 is 11.6 Å². The molecule has 1 amide bonds. The lowest BCUT2D eigenvalue weighted by atomic mass is 10.1. The highest BCUT2D eigenvalue weighted by molar-refractivity contribution is 6.30. The lowest BCUT2D eigenvalue weighted by Crippen LogP contribution is -2.33. The Kier molecular flexibility index (Phi) is 5.80. The van der Waals surface area contributed by atoms with Gasteiger partial charge >= 0.3 is 0 Å². The standard InChI is InChI=1S/C15H20ClFN2O/c16-12-5-6-14(17)13(11-12)15(20)18-7-4-10-19-8-2-1-3-9-19/h5-6,11H,1-4,7-10H2,(H,18,20). The van der Waals surface area contributed by atoms with E-state index in [2.05, 4.69) is 10.2 Å². The third-order valence-corrected chi connectivity index (χ3v) is 3.79. The van der Waals surface area contributed by atoms with Gasteiger partial charge in [0.15, 0.2) is 0 Å². The molecule has 1 aromatic carbocycles. The third kappa shape index (κ3) is 4.46. The van der Waals surface area contributed by atoms with Crippen molar-refractivity contribution < 1.29 is 9.18 Å². The molecule has 0 aliphatic carbocycles. The van der Waals surface area contributed by atoms with Gasteiger partial charge in [0.1, 0.15) is 5.82 Å². The molecule has 5 heteroatoms. The van der Waals surface area contributed by atoms with Crippen molar-refractivity contribution in [2.24, 2.45) is 0 Å². The predicted octanol–water partition coefficient (Wildman–Crippen LogP) is 3.08. The average Bonchev–Trinajstić information content (AvgIpc) is 2.47. The van der Waals surface area contributed by atoms with E-state index in [0.717, 1.165) is 26.1 Å². The van der Waals surface area contributed by atoms with Crippen LogP contribution in [0.5, 0.6) is 0 Å². The Morgan fingerprint density at radius 2 is 2.05 bits per heavy atom. The number of rotatable bonds is 5. The Balaban J connectivity index is 1.73. The van der Waals surface area contributed by atoms with E-state index >= 15 is 0 Å². The number of hydrogen-bond acceptors (Lipinski definition) is 2. The van der Waals surface area contributed by atoms with Gasteiger partial charge in [-0.15, -0.1) is 0 Å². The molecule has 1 heterocycles. The fraction of sp³-hybridized carbons (Fsp3) is 0.533. The molecule has 0 unspecified atom stereocenters. The van der Waals surface area contributed by atoms with Crippen molar-refractivity contribution in [1.82, 2.24) is 10.2 Å². The van der Waals surface area contributed by atoms with Gasteiger partial charge in [0, 0.05) is 11.6 Å². The van der Waals surface area contributed by atoms with E-state index in [-0.39, 0.29) is 5.56 Å². The molecule has 2 rings (SSSR count). The smallest absolute Gasteiger partial charge is 0.254 e. The highest BCUT2D eigenvalue weighted by Crippen LogP contribution is 2.14. The van der Waals surface area contributed by atoms with Crippen molar-refractivity contribution in [3.63, 3.8) is 0 Å². The first-order valence-corrected chi connectivity index (χ1v) is 7.50. The van der Waals surface area contributed by atoms with E-state index in [1.54, 1.807) is 0 Å². The summed E-state index contributed by atoms with van der Waals surface area (Å²) in [5, 5.41) is 3.11. The van der Waals surface area contributed by atoms with E-state index < -0.39 is 11.7 Å². The lowest BCUT2D eigenvalue weighted by molar-refractivity contribution is 0.0947. The number of hydrogen-bond donors (Lipinski definition) is 1. The van der Waals surface area contributed by atoms with Gasteiger partial charge in [-0.1, -0.05) is 18.0 Å². The van der Waals surface area contributed by atoms with E-state index in [1.807, 2.05) is 0 Å². The average molecular weight is 299 g/mol. The van der Waals surface area contributed by atoms with Crippen molar-refractivity contribution in [2.45, 2.75) is 25.7 Å². The number of nitrogens with zero attached hydrogens (tertiary/aromatic N) is 1. The summed E-state index contributed by atoms with van der Waals surface area (Å²) in [6.45, 7) is 3.84. The Bertz CT molecular complexity index is 461. The minimum atomic E-state index is -0.539. The maximum atomic E-state index is 13.5. The summed E-state index contributed by atoms with van der Waals surface area (Å²) < 4.78 is 13.5. The fourth-order valence-electron chi connectivity index (χ4n) is 2.45. The van der Waals surface area contributed by atoms with Crippen LogP contribution in [-0.4, -0.2) is 37.0 Å². The molecule has 20 heavy (non-hydrogen) atoms. The summed E-state index contributed by atoms with van der Waals surface area (Å²) >= 11 is 5.77. The molecular weight excluding hydrogens is 279 g/mol. The first-order chi connectivity index (χ1) is 9.66. The lowest BCUT2D eigenvalue weighted by Gasteiger charge is -2.26. The summed E-state index contributed by atoms with van der Waals surface area (Å²) in [6.07, 6.45) is 4.73. The summed E-state index contributed by atoms with van der Waals surface area (Å²) in [4.78, 5) is 14.3. The molecule has 1 aromatic rings. The highest BCUT2D eigenvalue weighted by Gasteiger charge is 2.12. The van der Waals surface area contributed by atoms with Crippen LogP contribution < -0.4 is 5.32 Å². The zero-order valence-corrected chi connectivity index (χ0v) is 12.3. The Labute approximate surface area is 124 Å². The van der Waals surface area contributed by atoms with Crippen LogP contribution in [0.25, 0.3) is 0 Å². The van der Waals surface area contributed by atoms with Crippen LogP contribution in [0.3, 0.4) is 0 Å². The van der Waals surface area contributed by atoms with E-state index in [1.165, 1.54) is 37.5 Å². The molecule has 1 fully saturated rings. The van der Waals surface area contributed by atoms with Crippen molar-refractivity contribution in [3.05, 3.63) is 34.6 Å². The quantitative estimate of drug-likeness (QED) is 0.847. The van der Waals surface area contributed by atoms with Gasteiger partial charge in [0.25, 0.3) is 5.91 Å². The number of likely N-dealkylation sites (tertiary alicyclic amines) is 1. The summed E-state index contributed by atoms with van der Waals surface area (Å²) in [7, 11) is 0. The molecule has 0 spiro atoms. The molecule has 3 nitrogen and oxygen atoms in total. The molecular formula is C15H20ClFN2O. The highest BCUT2D eigenvalue weighted by atomic mass is 35.5. The molecule has 1 aliphatic heterocycles. The number of amides is 1. The monoisotopic (exact) mass is 298 g/mol. The van der Waals surface area contributed by atoms with Gasteiger partial charge < -0.3 is 10.2 Å². The van der Waals surface area contributed by atoms with Crippen LogP contribution in [0.4, 0.5) is 4.39 Å². The number of nitrogens with one attached hydrogen (secondary N) is 1. The number of piperidine rings is 1. The largest absolute Gasteiger partial charge is 0.352 e. The Morgan fingerprint density at radius 3 is 2.80 bits per heavy atom. The van der Waals surface area contributed by atoms with Crippen LogP contribution in [0, 0.1) is 5.82 Å². The summed E-state index contributed by atoms with van der Waals surface area (Å²) in [6, 6.07) is 4.01. The van der Waals surface area contributed by atoms with Crippen LogP contribution in [0.2, 0.25) is 5.02 Å². The fourth-order valence-corrected chi connectivity index (χ4v) is 2.63. The molecule has 0 radical (unpaired) electrons. The molecule has 1 N–H and O–H groups in total. The normalized spacial score (nSPS) is 16.1. The number of carbonyl (C=O) groups is 1. The predicted molar refractivity (Wildman–Crippen MR) is 78.7 cm³/mol. The number of halogens is 2. The zero-order chi connectivity index (χ0) is 14.4.